The van der Waals surface area contributed by atoms with Crippen molar-refractivity contribution in [2.24, 2.45) is 46.3 Å². The summed E-state index contributed by atoms with van der Waals surface area (Å²) in [7, 11) is 1.49. The van der Waals surface area contributed by atoms with E-state index in [2.05, 4.69) is 50.6 Å². The fourth-order valence-corrected chi connectivity index (χ4v) is 10.1. The van der Waals surface area contributed by atoms with E-state index < -0.39 is 0 Å². The summed E-state index contributed by atoms with van der Waals surface area (Å²) < 4.78 is 4.94. The predicted octanol–water partition coefficient (Wildman–Crippen LogP) is 5.31. The zero-order valence-electron chi connectivity index (χ0n) is 25.4. The first-order valence-electron chi connectivity index (χ1n) is 15.8. The highest BCUT2D eigenvalue weighted by Crippen LogP contribution is 2.68. The Hall–Kier alpha value is -1.14. The Labute approximate surface area is 232 Å². The number of fused-ring (bicyclic) bond motifs is 5. The van der Waals surface area contributed by atoms with Gasteiger partial charge < -0.3 is 20.7 Å². The van der Waals surface area contributed by atoms with Crippen LogP contribution in [0.5, 0.6) is 0 Å². The maximum Gasteiger partial charge on any atom is 0.305 e. The first-order valence-corrected chi connectivity index (χ1v) is 15.8. The summed E-state index contributed by atoms with van der Waals surface area (Å²) in [5.41, 5.74) is 0.683. The van der Waals surface area contributed by atoms with Crippen LogP contribution >= 0.6 is 0 Å². The van der Waals surface area contributed by atoms with Gasteiger partial charge in [-0.1, -0.05) is 34.6 Å². The third-order valence-corrected chi connectivity index (χ3v) is 12.0. The van der Waals surface area contributed by atoms with E-state index in [1.807, 2.05) is 0 Å². The Morgan fingerprint density at radius 1 is 0.947 bits per heavy atom. The summed E-state index contributed by atoms with van der Waals surface area (Å²) in [6.07, 6.45) is 11.5. The lowest BCUT2D eigenvalue weighted by molar-refractivity contribution is -0.142. The zero-order valence-corrected chi connectivity index (χ0v) is 25.4. The molecule has 4 aliphatic rings. The van der Waals surface area contributed by atoms with Gasteiger partial charge in [0.1, 0.15) is 0 Å². The minimum atomic E-state index is -0.0847. The number of esters is 1. The molecule has 10 atom stereocenters. The average Bonchev–Trinajstić information content (AvgIpc) is 3.22. The van der Waals surface area contributed by atoms with Gasteiger partial charge in [-0.25, -0.2) is 0 Å². The van der Waals surface area contributed by atoms with Gasteiger partial charge in [0.25, 0.3) is 0 Å². The molecule has 4 fully saturated rings. The molecule has 0 bridgehead atoms. The van der Waals surface area contributed by atoms with Crippen molar-refractivity contribution in [3.05, 3.63) is 0 Å². The molecule has 4 unspecified atom stereocenters. The van der Waals surface area contributed by atoms with E-state index in [4.69, 9.17) is 4.74 Å². The second-order valence-electron chi connectivity index (χ2n) is 14.4. The van der Waals surface area contributed by atoms with E-state index in [1.54, 1.807) is 6.92 Å². The lowest BCUT2D eigenvalue weighted by Crippen LogP contribution is -2.62. The molecule has 4 aliphatic carbocycles. The van der Waals surface area contributed by atoms with Gasteiger partial charge in [-0.2, -0.15) is 0 Å². The van der Waals surface area contributed by atoms with Crippen molar-refractivity contribution in [3.63, 3.8) is 0 Å². The molecular weight excluding hydrogens is 474 g/mol. The highest BCUT2D eigenvalue weighted by molar-refractivity contribution is 5.73. The summed E-state index contributed by atoms with van der Waals surface area (Å²) in [5.74, 6) is 3.85. The molecule has 0 aliphatic heterocycles. The maximum atomic E-state index is 12.5. The standard InChI is InChI=1S/C32H57N3O3/c1-20(2)33-16-17-34-24-12-14-31(5)23(18-24)19-28(35-22(4)36)30-26-10-9-25(21(3)8-11-29(37)38-7)32(26,6)15-13-27(30)31/h20-21,23-28,30,33-34H,8-19H2,1-7H3,(H,35,36)/t21?,23-,24+,25+,26?,27?,28-,30?,31-,32+/m0/s1. The van der Waals surface area contributed by atoms with Crippen LogP contribution in [0.3, 0.4) is 0 Å². The lowest BCUT2D eigenvalue weighted by Gasteiger charge is -2.63. The molecule has 0 aromatic rings. The van der Waals surface area contributed by atoms with E-state index in [-0.39, 0.29) is 11.9 Å². The van der Waals surface area contributed by atoms with Crippen LogP contribution in [-0.2, 0) is 14.3 Å². The smallest absolute Gasteiger partial charge is 0.305 e. The Kier molecular flexibility index (Phi) is 9.55. The summed E-state index contributed by atoms with van der Waals surface area (Å²) in [4.78, 5) is 24.3. The van der Waals surface area contributed by atoms with Crippen molar-refractivity contribution in [1.29, 1.82) is 0 Å². The molecule has 38 heavy (non-hydrogen) atoms. The topological polar surface area (TPSA) is 79.5 Å². The fraction of sp³-hybridized carbons (Fsp3) is 0.938. The highest BCUT2D eigenvalue weighted by Gasteiger charge is 2.63. The summed E-state index contributed by atoms with van der Waals surface area (Å²) >= 11 is 0. The lowest BCUT2D eigenvalue weighted by atomic mass is 9.43. The Balaban J connectivity index is 1.49. The summed E-state index contributed by atoms with van der Waals surface area (Å²) in [6.45, 7) is 15.7. The fourth-order valence-electron chi connectivity index (χ4n) is 10.1. The largest absolute Gasteiger partial charge is 0.469 e. The van der Waals surface area contributed by atoms with Crippen molar-refractivity contribution in [2.45, 2.75) is 124 Å². The van der Waals surface area contributed by atoms with Crippen LogP contribution in [0, 0.1) is 46.3 Å². The van der Waals surface area contributed by atoms with Gasteiger partial charge in [-0.3, -0.25) is 9.59 Å². The van der Waals surface area contributed by atoms with Gasteiger partial charge in [0.2, 0.25) is 5.91 Å². The van der Waals surface area contributed by atoms with Gasteiger partial charge in [-0.15, -0.1) is 0 Å². The number of hydrogen-bond acceptors (Lipinski definition) is 5. The van der Waals surface area contributed by atoms with E-state index in [9.17, 15) is 9.59 Å². The molecular formula is C32H57N3O3. The Morgan fingerprint density at radius 2 is 1.66 bits per heavy atom. The SMILES string of the molecule is COC(=O)CCC(C)[C@H]1CCC2C3C(CC[C@@]21C)[C@@]1(C)CC[C@@H](NCCNC(C)C)C[C@H]1C[C@@H]3NC(C)=O. The highest BCUT2D eigenvalue weighted by atomic mass is 16.5. The van der Waals surface area contributed by atoms with Gasteiger partial charge in [-0.05, 0) is 104 Å². The molecule has 4 rings (SSSR count). The number of ether oxygens (including phenoxy) is 1. The maximum absolute atomic E-state index is 12.5. The number of nitrogens with one attached hydrogen (secondary N) is 3. The number of carbonyl (C=O) groups is 2. The van der Waals surface area contributed by atoms with Gasteiger partial charge >= 0.3 is 5.97 Å². The third kappa shape index (κ3) is 5.96. The monoisotopic (exact) mass is 531 g/mol. The van der Waals surface area contributed by atoms with Gasteiger partial charge in [0.05, 0.1) is 7.11 Å². The molecule has 6 heteroatoms. The first kappa shape index (κ1) is 29.8. The van der Waals surface area contributed by atoms with Crippen molar-refractivity contribution < 1.29 is 14.3 Å². The van der Waals surface area contributed by atoms with Crippen molar-refractivity contribution in [1.82, 2.24) is 16.0 Å². The van der Waals surface area contributed by atoms with Crippen molar-refractivity contribution in [2.75, 3.05) is 20.2 Å². The molecule has 0 aromatic carbocycles. The second-order valence-corrected chi connectivity index (χ2v) is 14.4. The van der Waals surface area contributed by atoms with E-state index in [1.165, 1.54) is 52.1 Å². The predicted molar refractivity (Wildman–Crippen MR) is 154 cm³/mol. The molecule has 6 nitrogen and oxygen atoms in total. The molecule has 0 aromatic heterocycles. The van der Waals surface area contributed by atoms with E-state index in [0.29, 0.717) is 70.9 Å². The average molecular weight is 532 g/mol. The molecule has 4 saturated carbocycles. The van der Waals surface area contributed by atoms with Crippen LogP contribution in [0.4, 0.5) is 0 Å². The van der Waals surface area contributed by atoms with Gasteiger partial charge in [0.15, 0.2) is 0 Å². The molecule has 0 heterocycles. The molecule has 218 valence electrons. The number of methoxy groups -OCH3 is 1. The normalized spacial score (nSPS) is 41.1. The number of carbonyl (C=O) groups excluding carboxylic acids is 2. The van der Waals surface area contributed by atoms with Crippen LogP contribution < -0.4 is 16.0 Å². The zero-order chi connectivity index (χ0) is 27.7. The number of hydrogen-bond donors (Lipinski definition) is 3. The van der Waals surface area contributed by atoms with Crippen LogP contribution in [0.1, 0.15) is 106 Å². The van der Waals surface area contributed by atoms with E-state index >= 15 is 0 Å². The van der Waals surface area contributed by atoms with Crippen LogP contribution in [0.25, 0.3) is 0 Å². The molecule has 0 saturated heterocycles. The van der Waals surface area contributed by atoms with Crippen LogP contribution in [0.15, 0.2) is 0 Å². The first-order chi connectivity index (χ1) is 18.0. The molecule has 0 radical (unpaired) electrons. The second kappa shape index (κ2) is 12.2. The minimum Gasteiger partial charge on any atom is -0.469 e. The number of amides is 1. The quantitative estimate of drug-likeness (QED) is 0.263. The molecule has 3 N–H and O–H groups in total. The van der Waals surface area contributed by atoms with E-state index in [0.717, 1.165) is 25.9 Å². The number of rotatable bonds is 10. The van der Waals surface area contributed by atoms with Gasteiger partial charge in [0, 0.05) is 44.6 Å². The van der Waals surface area contributed by atoms with Crippen molar-refractivity contribution >= 4 is 11.9 Å². The molecule has 1 amide bonds. The summed E-state index contributed by atoms with van der Waals surface area (Å²) in [5, 5.41) is 10.9. The third-order valence-electron chi connectivity index (χ3n) is 12.0. The van der Waals surface area contributed by atoms with Crippen molar-refractivity contribution in [3.8, 4) is 0 Å². The Bertz CT molecular complexity index is 833. The summed E-state index contributed by atoms with van der Waals surface area (Å²) in [6, 6.07) is 1.42. The van der Waals surface area contributed by atoms with Crippen LogP contribution in [0.2, 0.25) is 0 Å². The minimum absolute atomic E-state index is 0.0847. The Morgan fingerprint density at radius 3 is 2.34 bits per heavy atom. The van der Waals surface area contributed by atoms with Crippen LogP contribution in [-0.4, -0.2) is 50.2 Å². The molecule has 0 spiro atoms.